The first kappa shape index (κ1) is 16.7. The highest BCUT2D eigenvalue weighted by Gasteiger charge is 2.13. The monoisotopic (exact) mass is 283 g/mol. The zero-order valence-corrected chi connectivity index (χ0v) is 12.6. The van der Waals surface area contributed by atoms with Crippen molar-refractivity contribution < 1.29 is 14.6 Å². The molecule has 0 amide bonds. The van der Waals surface area contributed by atoms with E-state index < -0.39 is 5.97 Å². The van der Waals surface area contributed by atoms with Crippen molar-refractivity contribution in [1.29, 1.82) is 0 Å². The van der Waals surface area contributed by atoms with E-state index in [9.17, 15) is 4.79 Å². The Morgan fingerprint density at radius 1 is 1.50 bits per heavy atom. The molecule has 0 aliphatic rings. The number of nitrogens with zero attached hydrogens (tertiary/aromatic N) is 3. The summed E-state index contributed by atoms with van der Waals surface area (Å²) in [6, 6.07) is 2.37. The molecule has 6 heteroatoms. The second-order valence-corrected chi connectivity index (χ2v) is 4.85. The minimum Gasteiger partial charge on any atom is -0.480 e. The summed E-state index contributed by atoms with van der Waals surface area (Å²) in [5, 5.41) is 13.5. The Kier molecular flexibility index (Phi) is 7.25. The highest BCUT2D eigenvalue weighted by atomic mass is 16.5. The Bertz CT molecular complexity index is 402. The molecule has 1 N–H and O–H groups in total. The van der Waals surface area contributed by atoms with Crippen LogP contribution in [0.2, 0.25) is 0 Å². The molecule has 0 aromatic carbocycles. The van der Waals surface area contributed by atoms with E-state index in [0.29, 0.717) is 25.7 Å². The van der Waals surface area contributed by atoms with Gasteiger partial charge in [-0.2, -0.15) is 5.10 Å². The van der Waals surface area contributed by atoms with Crippen LogP contribution in [0.25, 0.3) is 0 Å². The van der Waals surface area contributed by atoms with Crippen LogP contribution in [0.15, 0.2) is 12.3 Å². The van der Waals surface area contributed by atoms with Gasteiger partial charge in [0.15, 0.2) is 0 Å². The first-order chi connectivity index (χ1) is 9.60. The number of aromatic nitrogens is 2. The first-order valence-corrected chi connectivity index (χ1v) is 7.07. The summed E-state index contributed by atoms with van der Waals surface area (Å²) in [4.78, 5) is 12.7. The van der Waals surface area contributed by atoms with Gasteiger partial charge in [0.05, 0.1) is 24.9 Å². The lowest BCUT2D eigenvalue weighted by molar-refractivity contribution is -0.138. The smallest absolute Gasteiger partial charge is 0.317 e. The molecule has 0 saturated heterocycles. The molecular weight excluding hydrogens is 258 g/mol. The Balaban J connectivity index is 2.65. The standard InChI is InChI=1S/C14H25N3O3/c1-4-13(5-2)17-7-6-12(15-17)10-16(8-9-20-3)11-14(18)19/h6-7,13H,4-5,8-11H2,1-3H3,(H,18,19). The Hall–Kier alpha value is -1.40. The molecule has 20 heavy (non-hydrogen) atoms. The van der Waals surface area contributed by atoms with E-state index in [2.05, 4.69) is 18.9 Å². The van der Waals surface area contributed by atoms with Crippen LogP contribution < -0.4 is 0 Å². The number of ether oxygens (including phenoxy) is 1. The topological polar surface area (TPSA) is 67.6 Å². The maximum Gasteiger partial charge on any atom is 0.317 e. The normalized spacial score (nSPS) is 11.4. The van der Waals surface area contributed by atoms with Crippen molar-refractivity contribution in [2.75, 3.05) is 26.8 Å². The summed E-state index contributed by atoms with van der Waals surface area (Å²) in [6.45, 7) is 5.92. The molecule has 0 bridgehead atoms. The third kappa shape index (κ3) is 5.30. The molecule has 0 atom stereocenters. The van der Waals surface area contributed by atoms with Gasteiger partial charge in [-0.1, -0.05) is 13.8 Å². The maximum atomic E-state index is 10.9. The number of carboxylic acids is 1. The maximum absolute atomic E-state index is 10.9. The van der Waals surface area contributed by atoms with E-state index in [4.69, 9.17) is 9.84 Å². The van der Waals surface area contributed by atoms with Crippen LogP contribution in [0, 0.1) is 0 Å². The molecule has 0 saturated carbocycles. The fraction of sp³-hybridized carbons (Fsp3) is 0.714. The van der Waals surface area contributed by atoms with E-state index in [0.717, 1.165) is 18.5 Å². The van der Waals surface area contributed by atoms with Crippen LogP contribution in [0.3, 0.4) is 0 Å². The predicted octanol–water partition coefficient (Wildman–Crippen LogP) is 1.78. The molecule has 6 nitrogen and oxygen atoms in total. The fourth-order valence-electron chi connectivity index (χ4n) is 2.18. The van der Waals surface area contributed by atoms with E-state index in [1.165, 1.54) is 0 Å². The van der Waals surface area contributed by atoms with Crippen LogP contribution in [0.4, 0.5) is 0 Å². The summed E-state index contributed by atoms with van der Waals surface area (Å²) >= 11 is 0. The van der Waals surface area contributed by atoms with Gasteiger partial charge in [0.1, 0.15) is 0 Å². The predicted molar refractivity (Wildman–Crippen MR) is 76.6 cm³/mol. The molecule has 114 valence electrons. The highest BCUT2D eigenvalue weighted by molar-refractivity contribution is 5.69. The van der Waals surface area contributed by atoms with Crippen molar-refractivity contribution in [2.24, 2.45) is 0 Å². The molecule has 0 spiro atoms. The van der Waals surface area contributed by atoms with Crippen LogP contribution in [-0.4, -0.2) is 52.6 Å². The largest absolute Gasteiger partial charge is 0.480 e. The van der Waals surface area contributed by atoms with Crippen molar-refractivity contribution in [3.63, 3.8) is 0 Å². The van der Waals surface area contributed by atoms with Gasteiger partial charge in [-0.25, -0.2) is 0 Å². The van der Waals surface area contributed by atoms with E-state index in [1.54, 1.807) is 7.11 Å². The lowest BCUT2D eigenvalue weighted by Gasteiger charge is -2.18. The summed E-state index contributed by atoms with van der Waals surface area (Å²) in [5.41, 5.74) is 0.897. The summed E-state index contributed by atoms with van der Waals surface area (Å²) in [6.07, 6.45) is 4.06. The minimum absolute atomic E-state index is 0.00119. The Morgan fingerprint density at radius 2 is 2.20 bits per heavy atom. The lowest BCUT2D eigenvalue weighted by Crippen LogP contribution is -2.32. The van der Waals surface area contributed by atoms with E-state index in [-0.39, 0.29) is 6.54 Å². The average molecular weight is 283 g/mol. The molecule has 0 unspecified atom stereocenters. The van der Waals surface area contributed by atoms with Crippen LogP contribution in [-0.2, 0) is 16.1 Å². The average Bonchev–Trinajstić information content (AvgIpc) is 2.85. The molecule has 1 aromatic heterocycles. The SMILES string of the molecule is CCC(CC)n1ccc(CN(CCOC)CC(=O)O)n1. The quantitative estimate of drug-likeness (QED) is 0.709. The molecule has 0 radical (unpaired) electrons. The number of rotatable bonds is 10. The lowest BCUT2D eigenvalue weighted by atomic mass is 10.2. The van der Waals surface area contributed by atoms with Gasteiger partial charge < -0.3 is 9.84 Å². The second-order valence-electron chi connectivity index (χ2n) is 4.85. The van der Waals surface area contributed by atoms with Gasteiger partial charge in [-0.05, 0) is 18.9 Å². The van der Waals surface area contributed by atoms with Crippen molar-refractivity contribution in [2.45, 2.75) is 39.3 Å². The molecular formula is C14H25N3O3. The number of hydrogen-bond donors (Lipinski definition) is 1. The molecule has 1 aromatic rings. The zero-order valence-electron chi connectivity index (χ0n) is 12.6. The highest BCUT2D eigenvalue weighted by Crippen LogP contribution is 2.15. The van der Waals surface area contributed by atoms with Crippen molar-refractivity contribution in [3.05, 3.63) is 18.0 Å². The molecule has 0 aliphatic heterocycles. The summed E-state index contributed by atoms with van der Waals surface area (Å²) < 4.78 is 6.99. The Morgan fingerprint density at radius 3 is 2.75 bits per heavy atom. The Labute approximate surface area is 120 Å². The number of carbonyl (C=O) groups is 1. The third-order valence-electron chi connectivity index (χ3n) is 3.34. The van der Waals surface area contributed by atoms with Gasteiger partial charge in [-0.15, -0.1) is 0 Å². The molecule has 0 fully saturated rings. The number of aliphatic carboxylic acids is 1. The van der Waals surface area contributed by atoms with Gasteiger partial charge in [0.25, 0.3) is 0 Å². The second kappa shape index (κ2) is 8.71. The van der Waals surface area contributed by atoms with Gasteiger partial charge >= 0.3 is 5.97 Å². The van der Waals surface area contributed by atoms with Gasteiger partial charge in [0.2, 0.25) is 0 Å². The van der Waals surface area contributed by atoms with Crippen LogP contribution >= 0.6 is 0 Å². The molecule has 0 aliphatic carbocycles. The minimum atomic E-state index is -0.833. The first-order valence-electron chi connectivity index (χ1n) is 7.07. The third-order valence-corrected chi connectivity index (χ3v) is 3.34. The van der Waals surface area contributed by atoms with Gasteiger partial charge in [-0.3, -0.25) is 14.4 Å². The summed E-state index contributed by atoms with van der Waals surface area (Å²) in [5.74, 6) is -0.833. The zero-order chi connectivity index (χ0) is 15.0. The number of carboxylic acid groups (broad SMARTS) is 1. The summed E-state index contributed by atoms with van der Waals surface area (Å²) in [7, 11) is 1.61. The van der Waals surface area contributed by atoms with E-state index >= 15 is 0 Å². The van der Waals surface area contributed by atoms with Crippen LogP contribution in [0.5, 0.6) is 0 Å². The van der Waals surface area contributed by atoms with E-state index in [1.807, 2.05) is 21.8 Å². The number of hydrogen-bond acceptors (Lipinski definition) is 4. The van der Waals surface area contributed by atoms with Crippen molar-refractivity contribution in [1.82, 2.24) is 14.7 Å². The van der Waals surface area contributed by atoms with Crippen molar-refractivity contribution in [3.8, 4) is 0 Å². The van der Waals surface area contributed by atoms with Crippen molar-refractivity contribution >= 4 is 5.97 Å². The number of methoxy groups -OCH3 is 1. The van der Waals surface area contributed by atoms with Crippen LogP contribution in [0.1, 0.15) is 38.4 Å². The molecule has 1 rings (SSSR count). The van der Waals surface area contributed by atoms with Gasteiger partial charge in [0, 0.05) is 26.4 Å². The molecule has 1 heterocycles. The fourth-order valence-corrected chi connectivity index (χ4v) is 2.18.